The fraction of sp³-hybridized carbons (Fsp3) is 0. The third-order valence-corrected chi connectivity index (χ3v) is 11.0. The molecular weight excluding hydrogens is 572 g/mol. The Morgan fingerprint density at radius 1 is 0.735 bits per heavy atom. The molecule has 0 atom stereocenters. The van der Waals surface area contributed by atoms with Crippen LogP contribution in [0.25, 0.3) is 16.8 Å². The second kappa shape index (κ2) is 7.84. The van der Waals surface area contributed by atoms with Gasteiger partial charge in [0.25, 0.3) is 0 Å². The summed E-state index contributed by atoms with van der Waals surface area (Å²) >= 11 is 2.07. The zero-order valence-electron chi connectivity index (χ0n) is 17.6. The van der Waals surface area contributed by atoms with Crippen molar-refractivity contribution in [1.82, 2.24) is 0 Å². The molecule has 0 unspecified atom stereocenters. The van der Waals surface area contributed by atoms with Gasteiger partial charge in [0.2, 0.25) is 0 Å². The number of nitrogens with zero attached hydrogens (tertiary/aromatic N) is 1. The number of hydrogen-bond acceptors (Lipinski definition) is 4. The van der Waals surface area contributed by atoms with E-state index in [1.165, 1.54) is 25.7 Å². The van der Waals surface area contributed by atoms with Gasteiger partial charge in [0.15, 0.2) is 0 Å². The molecule has 0 amide bonds. The molecule has 7 rings (SSSR count). The molecule has 0 N–H and O–H groups in total. The Morgan fingerprint density at radius 2 is 1.32 bits per heavy atom. The molecule has 0 saturated heterocycles. The predicted octanol–water partition coefficient (Wildman–Crippen LogP) is 6.35. The van der Waals surface area contributed by atoms with Crippen molar-refractivity contribution in [1.29, 1.82) is 0 Å². The molecular formula is C28H15NO2SSe2. The Hall–Kier alpha value is -2.85. The van der Waals surface area contributed by atoms with Crippen LogP contribution in [0.15, 0.2) is 98.0 Å². The first-order valence-electron chi connectivity index (χ1n) is 10.7. The van der Waals surface area contributed by atoms with Crippen LogP contribution in [0.5, 0.6) is 0 Å². The first kappa shape index (κ1) is 20.5. The first-order valence-corrected chi connectivity index (χ1v) is 15.2. The topological polar surface area (TPSA) is 37.4 Å². The molecule has 5 aromatic rings. The minimum absolute atomic E-state index is 0.0314. The Bertz CT molecular complexity index is 1600. The number of hydrogen-bond donors (Lipinski definition) is 0. The van der Waals surface area contributed by atoms with E-state index in [1.807, 2.05) is 18.2 Å². The van der Waals surface area contributed by atoms with E-state index in [-0.39, 0.29) is 26.1 Å². The van der Waals surface area contributed by atoms with Crippen LogP contribution in [0.4, 0.5) is 15.9 Å². The first-order chi connectivity index (χ1) is 16.7. The summed E-state index contributed by atoms with van der Waals surface area (Å²) in [6.07, 6.45) is 1.83. The standard InChI is InChI=1S/C28H15NO2SSe2/c30-27-19-11-16-14-33-15-17(16)12-20(19)28(31)21(27)13-18-9-10-26(34-18)29-22-5-1-3-7-24(22)32-25-8-4-2-6-23(25)29/h1-15H. The van der Waals surface area contributed by atoms with Crippen molar-refractivity contribution in [2.75, 3.05) is 4.90 Å². The molecule has 1 aliphatic carbocycles. The van der Waals surface area contributed by atoms with E-state index >= 15 is 0 Å². The fourth-order valence-corrected chi connectivity index (χ4v) is 9.27. The number of para-hydroxylation sites is 2. The van der Waals surface area contributed by atoms with Gasteiger partial charge in [-0.2, -0.15) is 0 Å². The van der Waals surface area contributed by atoms with Crippen LogP contribution in [-0.4, -0.2) is 40.6 Å². The molecule has 6 heteroatoms. The number of carbonyl (C=O) groups is 2. The van der Waals surface area contributed by atoms with Crippen molar-refractivity contribution in [3.05, 3.63) is 104 Å². The molecule has 1 aliphatic heterocycles. The Morgan fingerprint density at radius 3 is 1.94 bits per heavy atom. The van der Waals surface area contributed by atoms with Gasteiger partial charge in [0.05, 0.1) is 0 Å². The van der Waals surface area contributed by atoms with Crippen LogP contribution in [0.2, 0.25) is 0 Å². The van der Waals surface area contributed by atoms with Crippen LogP contribution in [0, 0.1) is 0 Å². The van der Waals surface area contributed by atoms with E-state index in [1.54, 1.807) is 11.8 Å². The zero-order chi connectivity index (χ0) is 22.8. The quantitative estimate of drug-likeness (QED) is 0.135. The number of carbonyl (C=O) groups excluding carboxylic acids is 2. The second-order valence-electron chi connectivity index (χ2n) is 8.16. The summed E-state index contributed by atoms with van der Waals surface area (Å²) in [7, 11) is 0. The molecule has 3 heterocycles. The number of fused-ring (bicyclic) bond motifs is 4. The van der Waals surface area contributed by atoms with E-state index in [0.29, 0.717) is 31.2 Å². The number of allylic oxidation sites excluding steroid dienone is 1. The number of anilines is 3. The van der Waals surface area contributed by atoms with E-state index in [2.05, 4.69) is 75.4 Å². The van der Waals surface area contributed by atoms with Crippen molar-refractivity contribution in [3.63, 3.8) is 0 Å². The van der Waals surface area contributed by atoms with Crippen LogP contribution in [-0.2, 0) is 0 Å². The van der Waals surface area contributed by atoms with Crippen LogP contribution >= 0.6 is 11.8 Å². The molecule has 2 aromatic heterocycles. The maximum atomic E-state index is 13.1. The van der Waals surface area contributed by atoms with Gasteiger partial charge in [0.1, 0.15) is 0 Å². The maximum absolute atomic E-state index is 13.1. The third-order valence-electron chi connectivity index (χ3n) is 6.14. The summed E-state index contributed by atoms with van der Waals surface area (Å²) < 4.78 is 2.23. The summed E-state index contributed by atoms with van der Waals surface area (Å²) in [5.41, 5.74) is 3.73. The monoisotopic (exact) mass is 589 g/mol. The SMILES string of the molecule is O=C1C(=Cc2ccc(N3c4ccccc4Sc4ccccc43)[se]2)C(=O)c2cc3c[se]cc3cc21. The molecule has 0 fully saturated rings. The third kappa shape index (κ3) is 3.11. The summed E-state index contributed by atoms with van der Waals surface area (Å²) in [5.74, 6) is -0.295. The Labute approximate surface area is 212 Å². The number of ketones is 2. The van der Waals surface area contributed by atoms with E-state index in [9.17, 15) is 9.59 Å². The Balaban J connectivity index is 1.30. The number of Topliss-reactive ketones (excluding diaryl/α,β-unsaturated/α-hetero) is 2. The van der Waals surface area contributed by atoms with Crippen LogP contribution in [0.1, 0.15) is 25.2 Å². The van der Waals surface area contributed by atoms with Crippen molar-refractivity contribution < 1.29 is 9.59 Å². The van der Waals surface area contributed by atoms with E-state index in [4.69, 9.17) is 0 Å². The molecule has 0 spiro atoms. The molecule has 0 bridgehead atoms. The normalized spacial score (nSPS) is 14.4. The van der Waals surface area contributed by atoms with Crippen molar-refractivity contribution in [3.8, 4) is 0 Å². The second-order valence-corrected chi connectivity index (χ2v) is 13.1. The van der Waals surface area contributed by atoms with Crippen molar-refractivity contribution >= 4 is 85.1 Å². The van der Waals surface area contributed by atoms with Crippen molar-refractivity contribution in [2.24, 2.45) is 0 Å². The summed E-state index contributed by atoms with van der Waals surface area (Å²) in [4.78, 5) is 35.4. The van der Waals surface area contributed by atoms with Gasteiger partial charge in [0, 0.05) is 0 Å². The van der Waals surface area contributed by atoms with Gasteiger partial charge < -0.3 is 0 Å². The zero-order valence-corrected chi connectivity index (χ0v) is 21.9. The van der Waals surface area contributed by atoms with Crippen LogP contribution < -0.4 is 4.90 Å². The van der Waals surface area contributed by atoms with Gasteiger partial charge >= 0.3 is 213 Å². The van der Waals surface area contributed by atoms with Gasteiger partial charge in [-0.1, -0.05) is 0 Å². The molecule has 3 aromatic carbocycles. The fourth-order valence-electron chi connectivity index (χ4n) is 4.54. The predicted molar refractivity (Wildman–Crippen MR) is 140 cm³/mol. The summed E-state index contributed by atoms with van der Waals surface area (Å²) in [6.45, 7) is 0. The van der Waals surface area contributed by atoms with Gasteiger partial charge in [-0.25, -0.2) is 0 Å². The van der Waals surface area contributed by atoms with Gasteiger partial charge in [-0.15, -0.1) is 0 Å². The van der Waals surface area contributed by atoms with Crippen LogP contribution in [0.3, 0.4) is 0 Å². The van der Waals surface area contributed by atoms with E-state index < -0.39 is 0 Å². The molecule has 34 heavy (non-hydrogen) atoms. The van der Waals surface area contributed by atoms with Crippen molar-refractivity contribution in [2.45, 2.75) is 9.79 Å². The summed E-state index contributed by atoms with van der Waals surface area (Å²) in [5, 5.41) is 2.16. The average molecular weight is 587 g/mol. The number of benzene rings is 3. The summed E-state index contributed by atoms with van der Waals surface area (Å²) in [6, 6.07) is 24.9. The minimum atomic E-state index is -0.147. The molecule has 2 aliphatic rings. The Kier molecular flexibility index (Phi) is 4.73. The molecule has 3 nitrogen and oxygen atoms in total. The van der Waals surface area contributed by atoms with Gasteiger partial charge in [-0.3, -0.25) is 0 Å². The van der Waals surface area contributed by atoms with E-state index in [0.717, 1.165) is 15.2 Å². The molecule has 0 saturated carbocycles. The number of rotatable bonds is 2. The van der Waals surface area contributed by atoms with Gasteiger partial charge in [-0.05, 0) is 0 Å². The molecule has 0 radical (unpaired) electrons. The molecule has 162 valence electrons. The average Bonchev–Trinajstić information content (AvgIpc) is 3.57.